The molecule has 5 aliphatic heterocycles. The Balaban J connectivity index is 0.647. The van der Waals surface area contributed by atoms with Crippen LogP contribution in [0.1, 0.15) is 102 Å². The van der Waals surface area contributed by atoms with Gasteiger partial charge in [-0.2, -0.15) is 4.98 Å². The summed E-state index contributed by atoms with van der Waals surface area (Å²) in [6.07, 6.45) is 9.66. The molecular formula is C47H54N10O8. The van der Waals surface area contributed by atoms with Gasteiger partial charge in [-0.05, 0) is 86.9 Å². The number of nitrogens with one attached hydrogen (secondary N) is 2. The van der Waals surface area contributed by atoms with Crippen LogP contribution in [0.3, 0.4) is 0 Å². The van der Waals surface area contributed by atoms with E-state index in [0.29, 0.717) is 79.6 Å². The zero-order chi connectivity index (χ0) is 45.0. The number of imide groups is 1. The molecule has 4 fully saturated rings. The van der Waals surface area contributed by atoms with Gasteiger partial charge in [-0.1, -0.05) is 12.8 Å². The van der Waals surface area contributed by atoms with Gasteiger partial charge in [0.05, 0.1) is 50.2 Å². The summed E-state index contributed by atoms with van der Waals surface area (Å²) in [4.78, 5) is 98.5. The molecule has 4 aromatic rings. The Hall–Kier alpha value is -6.27. The fourth-order valence-corrected chi connectivity index (χ4v) is 10.5. The van der Waals surface area contributed by atoms with Gasteiger partial charge in [-0.25, -0.2) is 9.97 Å². The highest BCUT2D eigenvalue weighted by molar-refractivity contribution is 6.05. The van der Waals surface area contributed by atoms with Crippen molar-refractivity contribution in [3.05, 3.63) is 74.8 Å². The number of rotatable bonds is 12. The maximum Gasteiger partial charge on any atom is 0.263 e. The molecule has 0 bridgehead atoms. The third-order valence-electron chi connectivity index (χ3n) is 14.2. The minimum atomic E-state index is -0.662. The number of aromatic nitrogens is 4. The summed E-state index contributed by atoms with van der Waals surface area (Å²) in [5.41, 5.74) is 3.99. The molecule has 1 atom stereocenters. The number of ketones is 1. The third kappa shape index (κ3) is 8.22. The second-order valence-corrected chi connectivity index (χ2v) is 18.4. The van der Waals surface area contributed by atoms with E-state index in [0.717, 1.165) is 93.8 Å². The van der Waals surface area contributed by atoms with Gasteiger partial charge in [0, 0.05) is 68.9 Å². The molecule has 1 aliphatic carbocycles. The lowest BCUT2D eigenvalue weighted by Crippen LogP contribution is -2.67. The lowest BCUT2D eigenvalue weighted by molar-refractivity contribution is -0.154. The average Bonchev–Trinajstić information content (AvgIpc) is 3.92. The maximum atomic E-state index is 13.6. The van der Waals surface area contributed by atoms with Gasteiger partial charge in [-0.15, -0.1) is 0 Å². The second kappa shape index (κ2) is 17.3. The van der Waals surface area contributed by atoms with Gasteiger partial charge in [-0.3, -0.25) is 43.6 Å². The van der Waals surface area contributed by atoms with Crippen LogP contribution in [0, 0.1) is 6.92 Å². The fraction of sp³-hybridized carbons (Fsp3) is 0.511. The first kappa shape index (κ1) is 42.7. The molecule has 1 aromatic carbocycles. The molecule has 340 valence electrons. The number of piperidine rings is 1. The van der Waals surface area contributed by atoms with E-state index in [-0.39, 0.29) is 47.1 Å². The van der Waals surface area contributed by atoms with E-state index < -0.39 is 17.6 Å². The quantitative estimate of drug-likeness (QED) is 0.119. The number of amides is 4. The number of anilines is 3. The fourth-order valence-electron chi connectivity index (χ4n) is 10.5. The Morgan fingerprint density at radius 1 is 0.954 bits per heavy atom. The maximum absolute atomic E-state index is 13.6. The molecule has 0 radical (unpaired) electrons. The van der Waals surface area contributed by atoms with Crippen LogP contribution in [-0.2, 0) is 32.1 Å². The zero-order valence-electron chi connectivity index (χ0n) is 36.9. The molecule has 1 unspecified atom stereocenters. The summed E-state index contributed by atoms with van der Waals surface area (Å²) in [6, 6.07) is 7.06. The first-order chi connectivity index (χ1) is 31.4. The number of fused-ring (bicyclic) bond motifs is 3. The third-order valence-corrected chi connectivity index (χ3v) is 14.2. The smallest absolute Gasteiger partial charge is 0.263 e. The number of piperazine rings is 1. The number of likely N-dealkylation sites (tertiary alicyclic amines) is 1. The lowest BCUT2D eigenvalue weighted by Gasteiger charge is -2.51. The molecule has 18 nitrogen and oxygen atoms in total. The van der Waals surface area contributed by atoms with Crippen LogP contribution >= 0.6 is 0 Å². The second-order valence-electron chi connectivity index (χ2n) is 18.4. The van der Waals surface area contributed by atoms with E-state index in [9.17, 15) is 28.8 Å². The number of hydrogen-bond acceptors (Lipinski definition) is 14. The number of pyridine rings is 2. The van der Waals surface area contributed by atoms with Crippen LogP contribution in [-0.4, -0.2) is 134 Å². The van der Waals surface area contributed by atoms with Crippen molar-refractivity contribution in [2.75, 3.05) is 69.2 Å². The summed E-state index contributed by atoms with van der Waals surface area (Å²) in [7, 11) is 0. The Morgan fingerprint density at radius 2 is 1.75 bits per heavy atom. The SMILES string of the molecule is CC(=O)c1c(C)c2cnc(Nc3ccc(N4CCN(CCOCCC(=O)N5CC6(CCc7cc8c(cc7O6)CN(C6CCC(=O)NC6=O)C8=O)C5)CC4)cn3)nc2n(C2CCCC2)c1=O. The number of carbonyl (C=O) groups is 5. The molecule has 65 heavy (non-hydrogen) atoms. The van der Waals surface area contributed by atoms with E-state index in [2.05, 4.69) is 30.4 Å². The van der Waals surface area contributed by atoms with Crippen LogP contribution < -0.4 is 25.8 Å². The first-order valence-corrected chi connectivity index (χ1v) is 22.9. The molecular weight excluding hydrogens is 833 g/mol. The molecule has 1 spiro atoms. The van der Waals surface area contributed by atoms with Gasteiger partial charge in [0.1, 0.15) is 28.9 Å². The summed E-state index contributed by atoms with van der Waals surface area (Å²) in [5, 5.41) is 6.25. The highest BCUT2D eigenvalue weighted by Crippen LogP contribution is 2.42. The predicted octanol–water partition coefficient (Wildman–Crippen LogP) is 3.45. The number of Topliss-reactive ketones (excluding diaryl/α,β-unsaturated/α-hetero) is 1. The molecule has 8 heterocycles. The number of ether oxygens (including phenoxy) is 2. The topological polar surface area (TPSA) is 202 Å². The predicted molar refractivity (Wildman–Crippen MR) is 238 cm³/mol. The molecule has 6 aliphatic rings. The van der Waals surface area contributed by atoms with E-state index in [1.165, 1.54) is 6.92 Å². The van der Waals surface area contributed by atoms with Gasteiger partial charge in [0.15, 0.2) is 5.78 Å². The van der Waals surface area contributed by atoms with Gasteiger partial charge in [0.25, 0.3) is 11.5 Å². The Morgan fingerprint density at radius 3 is 2.49 bits per heavy atom. The van der Waals surface area contributed by atoms with Crippen LogP contribution in [0.5, 0.6) is 5.75 Å². The highest BCUT2D eigenvalue weighted by atomic mass is 16.5. The van der Waals surface area contributed by atoms with Crippen LogP contribution in [0.4, 0.5) is 17.5 Å². The average molecular weight is 887 g/mol. The van der Waals surface area contributed by atoms with Crippen LogP contribution in [0.2, 0.25) is 0 Å². The van der Waals surface area contributed by atoms with Gasteiger partial charge < -0.3 is 29.5 Å². The molecule has 10 rings (SSSR count). The van der Waals surface area contributed by atoms with Crippen molar-refractivity contribution in [1.29, 1.82) is 0 Å². The number of nitrogens with zero attached hydrogens (tertiary/aromatic N) is 8. The van der Waals surface area contributed by atoms with Crippen molar-refractivity contribution >= 4 is 57.9 Å². The van der Waals surface area contributed by atoms with Crippen molar-refractivity contribution in [2.24, 2.45) is 0 Å². The van der Waals surface area contributed by atoms with Crippen LogP contribution in [0.15, 0.2) is 41.5 Å². The van der Waals surface area contributed by atoms with Crippen molar-refractivity contribution < 1.29 is 33.4 Å². The van der Waals surface area contributed by atoms with Crippen molar-refractivity contribution in [3.63, 3.8) is 0 Å². The Bertz CT molecular complexity index is 2650. The summed E-state index contributed by atoms with van der Waals surface area (Å²) in [6.45, 7) is 9.63. The summed E-state index contributed by atoms with van der Waals surface area (Å²) < 4.78 is 14.1. The number of aryl methyl sites for hydroxylation is 2. The Labute approximate surface area is 375 Å². The van der Waals surface area contributed by atoms with Gasteiger partial charge >= 0.3 is 0 Å². The minimum Gasteiger partial charge on any atom is -0.483 e. The standard InChI is InChI=1S/C47H54N10O8/c1-28-35-24-49-46(52-42(35)57(32-5-3-4-6-32)45(63)41(28)29(2)58)50-38-9-7-33(23-48-38)54-16-14-53(15-17-54)18-20-64-19-12-40(60)55-26-47(27-55)13-11-30-21-34-31(22-37(30)65-47)25-56(44(34)62)36-8-10-39(59)51-43(36)61/h7,9,21-24,32,36H,3-6,8,10-20,25-27H2,1-2H3,(H,51,59,61)(H,48,49,50,52). The van der Waals surface area contributed by atoms with Gasteiger partial charge in [0.2, 0.25) is 23.7 Å². The first-order valence-electron chi connectivity index (χ1n) is 22.9. The monoisotopic (exact) mass is 886 g/mol. The molecule has 2 N–H and O–H groups in total. The van der Waals surface area contributed by atoms with Crippen molar-refractivity contribution in [1.82, 2.24) is 39.5 Å². The molecule has 3 aromatic heterocycles. The van der Waals surface area contributed by atoms with E-state index in [4.69, 9.17) is 14.5 Å². The van der Waals surface area contributed by atoms with E-state index >= 15 is 0 Å². The number of benzene rings is 1. The molecule has 1 saturated carbocycles. The zero-order valence-corrected chi connectivity index (χ0v) is 36.9. The lowest BCUT2D eigenvalue weighted by atomic mass is 9.83. The minimum absolute atomic E-state index is 0.00217. The largest absolute Gasteiger partial charge is 0.483 e. The van der Waals surface area contributed by atoms with Crippen molar-refractivity contribution in [3.8, 4) is 5.75 Å². The van der Waals surface area contributed by atoms with E-state index in [1.807, 2.05) is 35.4 Å². The normalized spacial score (nSPS) is 20.7. The summed E-state index contributed by atoms with van der Waals surface area (Å²) >= 11 is 0. The van der Waals surface area contributed by atoms with Crippen molar-refractivity contribution in [2.45, 2.75) is 95.9 Å². The molecule has 3 saturated heterocycles. The summed E-state index contributed by atoms with van der Waals surface area (Å²) in [5.74, 6) is 0.514. The molecule has 4 amide bonds. The number of carbonyl (C=O) groups excluding carboxylic acids is 5. The van der Waals surface area contributed by atoms with E-state index in [1.54, 1.807) is 22.6 Å². The Kier molecular flexibility index (Phi) is 11.3. The van der Waals surface area contributed by atoms with Crippen LogP contribution in [0.25, 0.3) is 11.0 Å². The number of hydrogen-bond donors (Lipinski definition) is 2. The highest BCUT2D eigenvalue weighted by Gasteiger charge is 2.49. The molecule has 18 heteroatoms.